The molecule has 14 heteroatoms. The maximum Gasteiger partial charge on any atom is 0.508 e. The van der Waals surface area contributed by atoms with Gasteiger partial charge in [-0.2, -0.15) is 0 Å². The molecule has 0 spiro atoms. The van der Waals surface area contributed by atoms with E-state index in [9.17, 15) is 39.4 Å². The molecule has 0 aliphatic carbocycles. The Hall–Kier alpha value is -4.88. The lowest BCUT2D eigenvalue weighted by Gasteiger charge is -2.39. The molecule has 1 aliphatic heterocycles. The minimum atomic E-state index is -1.06. The average molecular weight is 529 g/mol. The van der Waals surface area contributed by atoms with Gasteiger partial charge in [-0.05, 0) is 42.3 Å². The summed E-state index contributed by atoms with van der Waals surface area (Å²) >= 11 is 0. The maximum atomic E-state index is 12.3. The Kier molecular flexibility index (Phi) is 9.03. The molecule has 1 saturated heterocycles. The number of ether oxygens (including phenoxy) is 3. The zero-order valence-corrected chi connectivity index (χ0v) is 20.1. The number of non-ortho nitro benzene ring substituents is 2. The molecule has 1 N–H and O–H groups in total. The summed E-state index contributed by atoms with van der Waals surface area (Å²) < 4.78 is 15.1. The number of nitrogens with one attached hydrogen (secondary N) is 1. The first kappa shape index (κ1) is 27.7. The molecule has 0 aromatic heterocycles. The zero-order chi connectivity index (χ0) is 27.8. The molecule has 1 fully saturated rings. The van der Waals surface area contributed by atoms with E-state index in [1.165, 1.54) is 55.5 Å². The second kappa shape index (κ2) is 12.4. The first-order chi connectivity index (χ1) is 18.0. The van der Waals surface area contributed by atoms with Crippen LogP contribution in [0.2, 0.25) is 0 Å². The summed E-state index contributed by atoms with van der Waals surface area (Å²) in [5, 5.41) is 23.9. The number of carbonyl (C=O) groups excluding carboxylic acids is 4. The number of benzene rings is 2. The molecule has 3 rings (SSSR count). The van der Waals surface area contributed by atoms with Crippen molar-refractivity contribution in [3.05, 3.63) is 79.9 Å². The lowest BCUT2D eigenvalue weighted by Crippen LogP contribution is -2.63. The zero-order valence-electron chi connectivity index (χ0n) is 20.1. The maximum absolute atomic E-state index is 12.3. The van der Waals surface area contributed by atoms with E-state index in [1.54, 1.807) is 0 Å². The van der Waals surface area contributed by atoms with E-state index < -0.39 is 58.1 Å². The molecule has 0 radical (unpaired) electrons. The van der Waals surface area contributed by atoms with Gasteiger partial charge in [-0.3, -0.25) is 34.6 Å². The fourth-order valence-electron chi connectivity index (χ4n) is 3.70. The van der Waals surface area contributed by atoms with E-state index in [0.717, 1.165) is 0 Å². The van der Waals surface area contributed by atoms with Gasteiger partial charge >= 0.3 is 12.1 Å². The van der Waals surface area contributed by atoms with Crippen LogP contribution in [0, 0.1) is 26.1 Å². The van der Waals surface area contributed by atoms with Crippen LogP contribution in [0.3, 0.4) is 0 Å². The van der Waals surface area contributed by atoms with E-state index in [1.807, 2.05) is 0 Å². The summed E-state index contributed by atoms with van der Waals surface area (Å²) in [6, 6.07) is 10.1. The average Bonchev–Trinajstić information content (AvgIpc) is 2.86. The Balaban J connectivity index is 1.40. The minimum Gasteiger partial charge on any atom is -0.460 e. The van der Waals surface area contributed by atoms with Gasteiger partial charge in [-0.15, -0.1) is 0 Å². The van der Waals surface area contributed by atoms with Crippen LogP contribution < -0.4 is 5.32 Å². The van der Waals surface area contributed by atoms with Crippen molar-refractivity contribution in [3.8, 4) is 0 Å². The molecule has 3 atom stereocenters. The Morgan fingerprint density at radius 3 is 1.87 bits per heavy atom. The van der Waals surface area contributed by atoms with E-state index in [-0.39, 0.29) is 31.0 Å². The summed E-state index contributed by atoms with van der Waals surface area (Å²) in [5.41, 5.74) is 0.780. The number of amides is 1. The molecule has 0 bridgehead atoms. The topological polar surface area (TPSA) is 194 Å². The molecule has 0 saturated carbocycles. The lowest BCUT2D eigenvalue weighted by atomic mass is 9.82. The Morgan fingerprint density at radius 2 is 1.39 bits per heavy atom. The smallest absolute Gasteiger partial charge is 0.460 e. The SMILES string of the molecule is C[C@H](OC(=O)OCc1ccc([N+](=O)[O-])cc1)[C@H]1C(=O)N[C@@H]1CC(=O)CC(=O)OCc1ccc([N+](=O)[O-])cc1. The normalized spacial score (nSPS) is 16.8. The number of Topliss-reactive ketones (excluding diaryl/α,β-unsaturated/α-hetero) is 1. The predicted octanol–water partition coefficient (Wildman–Crippen LogP) is 2.75. The number of esters is 1. The number of nitro benzene ring substituents is 2. The third-order valence-electron chi connectivity index (χ3n) is 5.69. The third kappa shape index (κ3) is 7.56. The van der Waals surface area contributed by atoms with Gasteiger partial charge in [0.25, 0.3) is 11.4 Å². The van der Waals surface area contributed by atoms with E-state index in [2.05, 4.69) is 5.32 Å². The second-order valence-corrected chi connectivity index (χ2v) is 8.43. The van der Waals surface area contributed by atoms with Crippen molar-refractivity contribution in [2.24, 2.45) is 5.92 Å². The van der Waals surface area contributed by atoms with E-state index >= 15 is 0 Å². The van der Waals surface area contributed by atoms with Crippen LogP contribution in [-0.4, -0.2) is 45.8 Å². The van der Waals surface area contributed by atoms with Crippen molar-refractivity contribution in [1.29, 1.82) is 0 Å². The monoisotopic (exact) mass is 529 g/mol. The first-order valence-corrected chi connectivity index (χ1v) is 11.3. The van der Waals surface area contributed by atoms with Crippen LogP contribution >= 0.6 is 0 Å². The van der Waals surface area contributed by atoms with Crippen molar-refractivity contribution in [2.45, 2.75) is 45.1 Å². The van der Waals surface area contributed by atoms with Crippen molar-refractivity contribution < 1.29 is 43.2 Å². The van der Waals surface area contributed by atoms with Gasteiger partial charge in [0.1, 0.15) is 31.5 Å². The molecule has 1 aliphatic rings. The number of β-lactam (4-membered cyclic amide) rings is 1. The molecule has 2 aromatic carbocycles. The quantitative estimate of drug-likeness (QED) is 0.140. The van der Waals surface area contributed by atoms with Gasteiger partial charge in [0.2, 0.25) is 5.91 Å². The molecule has 2 aromatic rings. The fourth-order valence-corrected chi connectivity index (χ4v) is 3.70. The number of hydrogen-bond acceptors (Lipinski definition) is 11. The fraction of sp³-hybridized carbons (Fsp3) is 0.333. The highest BCUT2D eigenvalue weighted by molar-refractivity contribution is 5.97. The Morgan fingerprint density at radius 1 is 0.895 bits per heavy atom. The standard InChI is InChI=1S/C24H23N3O11/c1-14(38-24(31)37-13-16-4-8-18(9-5-16)27(34)35)22-20(25-23(22)30)10-19(28)11-21(29)36-12-15-2-6-17(7-3-15)26(32)33/h2-9,14,20,22H,10-13H2,1H3,(H,25,30)/t14-,20+,22+/m0/s1. The number of nitro groups is 2. The van der Waals surface area contributed by atoms with Crippen molar-refractivity contribution >= 4 is 35.2 Å². The molecule has 14 nitrogen and oxygen atoms in total. The highest BCUT2D eigenvalue weighted by atomic mass is 16.7. The van der Waals surface area contributed by atoms with Crippen LogP contribution in [0.15, 0.2) is 48.5 Å². The molecule has 200 valence electrons. The summed E-state index contributed by atoms with van der Waals surface area (Å²) in [6.45, 7) is 1.09. The van der Waals surface area contributed by atoms with Crippen molar-refractivity contribution in [1.82, 2.24) is 5.32 Å². The number of nitrogens with zero attached hydrogens (tertiary/aromatic N) is 2. The Labute approximate surface area is 215 Å². The minimum absolute atomic E-state index is 0.108. The summed E-state index contributed by atoms with van der Waals surface area (Å²) in [7, 11) is 0. The molecule has 1 heterocycles. The van der Waals surface area contributed by atoms with Crippen molar-refractivity contribution in [3.63, 3.8) is 0 Å². The molecular weight excluding hydrogens is 506 g/mol. The first-order valence-electron chi connectivity index (χ1n) is 11.3. The lowest BCUT2D eigenvalue weighted by molar-refractivity contribution is -0.385. The summed E-state index contributed by atoms with van der Waals surface area (Å²) in [4.78, 5) is 68.6. The summed E-state index contributed by atoms with van der Waals surface area (Å²) in [6.07, 6.45) is -2.72. The van der Waals surface area contributed by atoms with Gasteiger partial charge in [-0.25, -0.2) is 4.79 Å². The van der Waals surface area contributed by atoms with Crippen LogP contribution in [0.1, 0.15) is 30.9 Å². The van der Waals surface area contributed by atoms with Gasteiger partial charge in [0.15, 0.2) is 0 Å². The van der Waals surface area contributed by atoms with E-state index in [0.29, 0.717) is 11.1 Å². The van der Waals surface area contributed by atoms with Gasteiger partial charge in [-0.1, -0.05) is 0 Å². The van der Waals surface area contributed by atoms with Gasteiger partial charge in [0.05, 0.1) is 21.8 Å². The van der Waals surface area contributed by atoms with Crippen LogP contribution in [0.4, 0.5) is 16.2 Å². The van der Waals surface area contributed by atoms with Gasteiger partial charge in [0, 0.05) is 30.7 Å². The number of rotatable bonds is 12. The largest absolute Gasteiger partial charge is 0.508 e. The second-order valence-electron chi connectivity index (χ2n) is 8.43. The number of carbonyl (C=O) groups is 4. The molecule has 1 amide bonds. The highest BCUT2D eigenvalue weighted by Gasteiger charge is 2.45. The number of hydrogen-bond donors (Lipinski definition) is 1. The molecular formula is C24H23N3O11. The van der Waals surface area contributed by atoms with E-state index in [4.69, 9.17) is 14.2 Å². The number of ketones is 1. The highest BCUT2D eigenvalue weighted by Crippen LogP contribution is 2.25. The molecule has 0 unspecified atom stereocenters. The third-order valence-corrected chi connectivity index (χ3v) is 5.69. The van der Waals surface area contributed by atoms with Crippen molar-refractivity contribution in [2.75, 3.05) is 0 Å². The molecule has 38 heavy (non-hydrogen) atoms. The van der Waals surface area contributed by atoms with Crippen LogP contribution in [0.5, 0.6) is 0 Å². The van der Waals surface area contributed by atoms with Gasteiger partial charge < -0.3 is 19.5 Å². The predicted molar refractivity (Wildman–Crippen MR) is 126 cm³/mol. The van der Waals surface area contributed by atoms with Crippen LogP contribution in [-0.2, 0) is 41.8 Å². The Bertz CT molecular complexity index is 1230. The summed E-state index contributed by atoms with van der Waals surface area (Å²) in [5.74, 6) is -2.56. The van der Waals surface area contributed by atoms with Crippen LogP contribution in [0.25, 0.3) is 0 Å².